The Labute approximate surface area is 186 Å². The standard InChI is InChI=1S/C25H49N3O2/c1-5-7-9-11-22(4)25(29)26-23-18-24(19-23)30-17-16-27-12-14-28(15-13-27)20-21(3)10-8-6-2/h21-24H,5-20H2,1-4H3,(H,26,29). The van der Waals surface area contributed by atoms with E-state index in [1.807, 2.05) is 0 Å². The van der Waals surface area contributed by atoms with Gasteiger partial charge in [-0.25, -0.2) is 0 Å². The molecule has 2 unspecified atom stereocenters. The fourth-order valence-corrected chi connectivity index (χ4v) is 4.62. The number of rotatable bonds is 15. The van der Waals surface area contributed by atoms with Crippen LogP contribution in [0.5, 0.6) is 0 Å². The highest BCUT2D eigenvalue weighted by Gasteiger charge is 2.32. The first kappa shape index (κ1) is 25.6. The Hall–Kier alpha value is -0.650. The zero-order chi connectivity index (χ0) is 21.8. The summed E-state index contributed by atoms with van der Waals surface area (Å²) in [6.45, 7) is 16.8. The first-order valence-electron chi connectivity index (χ1n) is 12.9. The summed E-state index contributed by atoms with van der Waals surface area (Å²) in [5.41, 5.74) is 0. The van der Waals surface area contributed by atoms with Gasteiger partial charge in [0.25, 0.3) is 0 Å². The van der Waals surface area contributed by atoms with Gasteiger partial charge < -0.3 is 15.0 Å². The first-order valence-corrected chi connectivity index (χ1v) is 12.9. The molecule has 5 nitrogen and oxygen atoms in total. The van der Waals surface area contributed by atoms with E-state index in [1.54, 1.807) is 0 Å². The van der Waals surface area contributed by atoms with E-state index in [9.17, 15) is 4.79 Å². The van der Waals surface area contributed by atoms with Gasteiger partial charge in [-0.1, -0.05) is 59.8 Å². The molecule has 2 atom stereocenters. The summed E-state index contributed by atoms with van der Waals surface area (Å²) in [7, 11) is 0. The fourth-order valence-electron chi connectivity index (χ4n) is 4.62. The molecule has 1 amide bonds. The van der Waals surface area contributed by atoms with Crippen LogP contribution in [-0.4, -0.2) is 73.7 Å². The molecule has 0 aromatic rings. The first-order chi connectivity index (χ1) is 14.5. The van der Waals surface area contributed by atoms with Crippen LogP contribution >= 0.6 is 0 Å². The molecule has 0 spiro atoms. The zero-order valence-electron chi connectivity index (χ0n) is 20.3. The number of ether oxygens (including phenoxy) is 1. The summed E-state index contributed by atoms with van der Waals surface area (Å²) in [5.74, 6) is 1.20. The number of hydrogen-bond donors (Lipinski definition) is 1. The van der Waals surface area contributed by atoms with Crippen LogP contribution < -0.4 is 5.32 Å². The van der Waals surface area contributed by atoms with Crippen LogP contribution in [0.4, 0.5) is 0 Å². The lowest BCUT2D eigenvalue weighted by Gasteiger charge is -2.38. The molecule has 1 aliphatic carbocycles. The van der Waals surface area contributed by atoms with Crippen molar-refractivity contribution in [2.24, 2.45) is 11.8 Å². The number of piperazine rings is 1. The fraction of sp³-hybridized carbons (Fsp3) is 0.960. The van der Waals surface area contributed by atoms with Crippen molar-refractivity contribution >= 4 is 5.91 Å². The minimum absolute atomic E-state index is 0.143. The Bertz CT molecular complexity index is 459. The van der Waals surface area contributed by atoms with E-state index in [2.05, 4.69) is 42.8 Å². The van der Waals surface area contributed by atoms with Crippen LogP contribution in [0.2, 0.25) is 0 Å². The van der Waals surface area contributed by atoms with Gasteiger partial charge in [-0.2, -0.15) is 0 Å². The number of amides is 1. The normalized spacial score (nSPS) is 24.9. The number of nitrogens with one attached hydrogen (secondary N) is 1. The Morgan fingerprint density at radius 3 is 2.30 bits per heavy atom. The molecule has 1 saturated heterocycles. The average Bonchev–Trinajstić information content (AvgIpc) is 2.71. The van der Waals surface area contributed by atoms with Crippen molar-refractivity contribution in [2.45, 2.75) is 97.6 Å². The van der Waals surface area contributed by atoms with Crippen LogP contribution in [-0.2, 0) is 9.53 Å². The molecule has 0 bridgehead atoms. The van der Waals surface area contributed by atoms with Crippen molar-refractivity contribution in [3.05, 3.63) is 0 Å². The lowest BCUT2D eigenvalue weighted by atomic mass is 9.88. The predicted molar refractivity (Wildman–Crippen MR) is 126 cm³/mol. The Morgan fingerprint density at radius 1 is 0.967 bits per heavy atom. The second-order valence-electron chi connectivity index (χ2n) is 9.96. The van der Waals surface area contributed by atoms with Crippen molar-refractivity contribution in [2.75, 3.05) is 45.9 Å². The number of unbranched alkanes of at least 4 members (excludes halogenated alkanes) is 3. The van der Waals surface area contributed by atoms with Crippen molar-refractivity contribution in [3.63, 3.8) is 0 Å². The highest BCUT2D eigenvalue weighted by Crippen LogP contribution is 2.24. The van der Waals surface area contributed by atoms with Crippen LogP contribution in [0, 0.1) is 11.8 Å². The van der Waals surface area contributed by atoms with Gasteiger partial charge in [0.2, 0.25) is 5.91 Å². The molecule has 2 fully saturated rings. The van der Waals surface area contributed by atoms with Crippen molar-refractivity contribution in [1.29, 1.82) is 0 Å². The largest absolute Gasteiger partial charge is 0.377 e. The SMILES string of the molecule is CCCCCC(C)C(=O)NC1CC(OCCN2CCN(CC(C)CCCC)CC2)C1. The molecule has 1 heterocycles. The van der Waals surface area contributed by atoms with Crippen molar-refractivity contribution in [3.8, 4) is 0 Å². The third-order valence-electron chi connectivity index (χ3n) is 6.98. The molecular weight excluding hydrogens is 374 g/mol. The minimum Gasteiger partial charge on any atom is -0.377 e. The van der Waals surface area contributed by atoms with Gasteiger partial charge in [0, 0.05) is 51.2 Å². The number of carbonyl (C=O) groups is 1. The monoisotopic (exact) mass is 423 g/mol. The molecular formula is C25H49N3O2. The van der Waals surface area contributed by atoms with Gasteiger partial charge in [0.05, 0.1) is 12.7 Å². The highest BCUT2D eigenvalue weighted by atomic mass is 16.5. The molecule has 176 valence electrons. The number of carbonyl (C=O) groups excluding carboxylic acids is 1. The number of nitrogens with zero attached hydrogens (tertiary/aromatic N) is 2. The molecule has 0 aromatic carbocycles. The van der Waals surface area contributed by atoms with Crippen molar-refractivity contribution < 1.29 is 9.53 Å². The second kappa shape index (κ2) is 14.4. The third-order valence-corrected chi connectivity index (χ3v) is 6.98. The number of hydrogen-bond acceptors (Lipinski definition) is 4. The zero-order valence-corrected chi connectivity index (χ0v) is 20.3. The topological polar surface area (TPSA) is 44.8 Å². The average molecular weight is 424 g/mol. The summed E-state index contributed by atoms with van der Waals surface area (Å²) < 4.78 is 6.06. The molecule has 0 aromatic heterocycles. The van der Waals surface area contributed by atoms with E-state index in [-0.39, 0.29) is 11.8 Å². The lowest BCUT2D eigenvalue weighted by Crippen LogP contribution is -2.50. The summed E-state index contributed by atoms with van der Waals surface area (Å²) in [5, 5.41) is 3.21. The summed E-state index contributed by atoms with van der Waals surface area (Å²) in [4.78, 5) is 17.4. The maximum absolute atomic E-state index is 12.3. The van der Waals surface area contributed by atoms with Crippen LogP contribution in [0.1, 0.15) is 85.5 Å². The molecule has 0 radical (unpaired) electrons. The second-order valence-corrected chi connectivity index (χ2v) is 9.96. The minimum atomic E-state index is 0.143. The van der Waals surface area contributed by atoms with E-state index < -0.39 is 0 Å². The quantitative estimate of drug-likeness (QED) is 0.399. The molecule has 2 rings (SSSR count). The smallest absolute Gasteiger partial charge is 0.223 e. The van der Waals surface area contributed by atoms with Crippen molar-refractivity contribution in [1.82, 2.24) is 15.1 Å². The van der Waals surface area contributed by atoms with Gasteiger partial charge in [0.1, 0.15) is 0 Å². The molecule has 5 heteroatoms. The van der Waals surface area contributed by atoms with E-state index in [4.69, 9.17) is 4.74 Å². The maximum Gasteiger partial charge on any atom is 0.223 e. The Morgan fingerprint density at radius 2 is 1.63 bits per heavy atom. The predicted octanol–water partition coefficient (Wildman–Crippen LogP) is 4.31. The van der Waals surface area contributed by atoms with Crippen LogP contribution in [0.25, 0.3) is 0 Å². The Kier molecular flexibility index (Phi) is 12.3. The molecule has 1 saturated carbocycles. The van der Waals surface area contributed by atoms with Gasteiger partial charge in [-0.15, -0.1) is 0 Å². The molecule has 1 N–H and O–H groups in total. The Balaban J connectivity index is 1.47. The van der Waals surface area contributed by atoms with Gasteiger partial charge in [-0.3, -0.25) is 9.69 Å². The summed E-state index contributed by atoms with van der Waals surface area (Å²) in [6, 6.07) is 0.328. The van der Waals surface area contributed by atoms with Crippen LogP contribution in [0.15, 0.2) is 0 Å². The van der Waals surface area contributed by atoms with E-state index >= 15 is 0 Å². The molecule has 30 heavy (non-hydrogen) atoms. The van der Waals surface area contributed by atoms with E-state index in [1.165, 1.54) is 64.8 Å². The summed E-state index contributed by atoms with van der Waals surface area (Å²) >= 11 is 0. The van der Waals surface area contributed by atoms with Crippen LogP contribution in [0.3, 0.4) is 0 Å². The van der Waals surface area contributed by atoms with Gasteiger partial charge in [-0.05, 0) is 31.6 Å². The highest BCUT2D eigenvalue weighted by molar-refractivity contribution is 5.78. The van der Waals surface area contributed by atoms with Gasteiger partial charge in [0.15, 0.2) is 0 Å². The van der Waals surface area contributed by atoms with Gasteiger partial charge >= 0.3 is 0 Å². The van der Waals surface area contributed by atoms with E-state index in [0.717, 1.165) is 44.8 Å². The lowest BCUT2D eigenvalue weighted by molar-refractivity contribution is -0.127. The van der Waals surface area contributed by atoms with E-state index in [0.29, 0.717) is 12.1 Å². The molecule has 2 aliphatic rings. The summed E-state index contributed by atoms with van der Waals surface area (Å²) in [6.07, 6.45) is 11.0. The molecule has 1 aliphatic heterocycles. The third kappa shape index (κ3) is 9.65. The maximum atomic E-state index is 12.3.